The minimum atomic E-state index is 0.387. The average Bonchev–Trinajstić information content (AvgIpc) is 2.62. The van der Waals surface area contributed by atoms with E-state index in [4.69, 9.17) is 9.98 Å². The quantitative estimate of drug-likeness (QED) is 0.598. The molecule has 0 aliphatic carbocycles. The van der Waals surface area contributed by atoms with E-state index >= 15 is 0 Å². The number of nitrogens with zero attached hydrogens (tertiary/aromatic N) is 2. The molecule has 2 aromatic carbocycles. The van der Waals surface area contributed by atoms with Crippen LogP contribution >= 0.6 is 0 Å². The summed E-state index contributed by atoms with van der Waals surface area (Å²) in [5.74, 6) is 0. The Kier molecular flexibility index (Phi) is 4.92. The fraction of sp³-hybridized carbons (Fsp3) is 0.400. The van der Waals surface area contributed by atoms with Crippen LogP contribution in [0.15, 0.2) is 34.3 Å². The third kappa shape index (κ3) is 3.02. The number of hydrogen-bond acceptors (Lipinski definition) is 2. The molecule has 2 aliphatic rings. The number of hydrogen-bond donors (Lipinski definition) is 0. The second kappa shape index (κ2) is 7.14. The molecule has 0 N–H and O–H groups in total. The monoisotopic (exact) mass is 450 g/mol. The van der Waals surface area contributed by atoms with Gasteiger partial charge in [-0.3, -0.25) is 0 Å². The van der Waals surface area contributed by atoms with Crippen molar-refractivity contribution in [3.8, 4) is 0 Å². The fourth-order valence-corrected chi connectivity index (χ4v) is 7.76. The average molecular weight is 448 g/mol. The fourth-order valence-electron chi connectivity index (χ4n) is 3.19. The molecule has 0 fully saturated rings. The van der Waals surface area contributed by atoms with Crippen LogP contribution in [0.3, 0.4) is 0 Å². The van der Waals surface area contributed by atoms with Crippen molar-refractivity contribution < 1.29 is 0 Å². The first-order valence-corrected chi connectivity index (χ1v) is 12.3. The van der Waals surface area contributed by atoms with Crippen LogP contribution in [0.4, 0.5) is 11.4 Å². The van der Waals surface area contributed by atoms with Gasteiger partial charge in [-0.15, -0.1) is 0 Å². The summed E-state index contributed by atoms with van der Waals surface area (Å²) in [5.41, 5.74) is 2.38. The van der Waals surface area contributed by atoms with Crippen molar-refractivity contribution in [3.63, 3.8) is 0 Å². The van der Waals surface area contributed by atoms with Crippen LogP contribution in [0.2, 0.25) is 0 Å². The summed E-state index contributed by atoms with van der Waals surface area (Å²) in [6, 6.07) is 9.17. The first-order valence-electron chi connectivity index (χ1n) is 8.90. The van der Waals surface area contributed by atoms with E-state index < -0.39 is 0 Å². The van der Waals surface area contributed by atoms with Gasteiger partial charge in [0.2, 0.25) is 0 Å². The van der Waals surface area contributed by atoms with Gasteiger partial charge in [-0.05, 0) is 0 Å². The molecule has 0 saturated heterocycles. The van der Waals surface area contributed by atoms with Gasteiger partial charge in [-0.2, -0.15) is 0 Å². The first-order chi connectivity index (χ1) is 11.8. The SMILES string of the molecule is CCCCC1=Nc2ccc3c4c(ccc(c24)[Se]1)N=C(CCCC)[Se]3. The molecule has 2 aliphatic heterocycles. The predicted molar refractivity (Wildman–Crippen MR) is 108 cm³/mol. The molecular weight excluding hydrogens is 426 g/mol. The molecule has 4 rings (SSSR count). The first kappa shape index (κ1) is 16.5. The molecule has 124 valence electrons. The molecule has 0 aromatic heterocycles. The summed E-state index contributed by atoms with van der Waals surface area (Å²) in [7, 11) is 0. The van der Waals surface area contributed by atoms with Crippen molar-refractivity contribution >= 4 is 70.2 Å². The zero-order valence-electron chi connectivity index (χ0n) is 14.3. The predicted octanol–water partition coefficient (Wildman–Crippen LogP) is 3.97. The molecule has 0 amide bonds. The Bertz CT molecular complexity index is 781. The van der Waals surface area contributed by atoms with E-state index in [0.717, 1.165) is 12.8 Å². The van der Waals surface area contributed by atoms with Crippen LogP contribution in [0.5, 0.6) is 0 Å². The van der Waals surface area contributed by atoms with Crippen molar-refractivity contribution in [1.29, 1.82) is 0 Å². The number of unbranched alkanes of at least 4 members (excludes halogenated alkanes) is 2. The van der Waals surface area contributed by atoms with Crippen LogP contribution in [-0.4, -0.2) is 39.1 Å². The molecule has 0 atom stereocenters. The van der Waals surface area contributed by atoms with E-state index in [1.54, 1.807) is 0 Å². The zero-order chi connectivity index (χ0) is 16.5. The molecule has 0 spiro atoms. The van der Waals surface area contributed by atoms with E-state index in [9.17, 15) is 0 Å². The van der Waals surface area contributed by atoms with Gasteiger partial charge in [0.25, 0.3) is 0 Å². The van der Waals surface area contributed by atoms with Gasteiger partial charge in [0.15, 0.2) is 0 Å². The van der Waals surface area contributed by atoms with Crippen molar-refractivity contribution in [2.45, 2.75) is 52.4 Å². The summed E-state index contributed by atoms with van der Waals surface area (Å²) < 4.78 is 5.85. The second-order valence-electron chi connectivity index (χ2n) is 6.34. The Balaban J connectivity index is 1.79. The van der Waals surface area contributed by atoms with Crippen LogP contribution < -0.4 is 8.92 Å². The summed E-state index contributed by atoms with van der Waals surface area (Å²) in [4.78, 5) is 10.0. The van der Waals surface area contributed by atoms with Gasteiger partial charge in [-0.25, -0.2) is 0 Å². The minimum absolute atomic E-state index is 0.387. The standard InChI is InChI=1S/C20H22N2Se2/c1-3-5-7-17-21-13-9-12-16-20-14(10-11-15(23-17)19(13)20)22-18(24-16)8-6-4-2/h9-12H,3-8H2,1-2H3. The van der Waals surface area contributed by atoms with E-state index in [2.05, 4.69) is 38.1 Å². The van der Waals surface area contributed by atoms with Crippen molar-refractivity contribution in [3.05, 3.63) is 24.3 Å². The molecule has 24 heavy (non-hydrogen) atoms. The second-order valence-corrected chi connectivity index (χ2v) is 11.0. The van der Waals surface area contributed by atoms with Gasteiger partial charge in [0.1, 0.15) is 0 Å². The van der Waals surface area contributed by atoms with E-state index in [1.807, 2.05) is 0 Å². The maximum atomic E-state index is 5.01. The molecule has 2 nitrogen and oxygen atoms in total. The molecule has 2 heterocycles. The van der Waals surface area contributed by atoms with Crippen LogP contribution in [0.1, 0.15) is 52.4 Å². The van der Waals surface area contributed by atoms with E-state index in [1.165, 1.54) is 66.0 Å². The summed E-state index contributed by atoms with van der Waals surface area (Å²) in [6.07, 6.45) is 7.31. The zero-order valence-corrected chi connectivity index (χ0v) is 17.7. The van der Waals surface area contributed by atoms with Gasteiger partial charge < -0.3 is 0 Å². The molecular formula is C20H22N2Se2. The third-order valence-corrected chi connectivity index (χ3v) is 9.05. The molecule has 0 unspecified atom stereocenters. The molecule has 0 bridgehead atoms. The molecule has 0 saturated carbocycles. The van der Waals surface area contributed by atoms with E-state index in [-0.39, 0.29) is 0 Å². The Morgan fingerprint density at radius 3 is 1.58 bits per heavy atom. The number of benzene rings is 2. The van der Waals surface area contributed by atoms with Gasteiger partial charge in [0.05, 0.1) is 0 Å². The van der Waals surface area contributed by atoms with Gasteiger partial charge >= 0.3 is 157 Å². The Morgan fingerprint density at radius 2 is 1.17 bits per heavy atom. The maximum absolute atomic E-state index is 5.01. The van der Waals surface area contributed by atoms with Crippen molar-refractivity contribution in [2.24, 2.45) is 9.98 Å². The summed E-state index contributed by atoms with van der Waals surface area (Å²) >= 11 is 0.775. The molecule has 0 radical (unpaired) electrons. The Labute approximate surface area is 156 Å². The van der Waals surface area contributed by atoms with Crippen LogP contribution in [0.25, 0.3) is 10.8 Å². The Morgan fingerprint density at radius 1 is 0.708 bits per heavy atom. The van der Waals surface area contributed by atoms with Gasteiger partial charge in [-0.1, -0.05) is 0 Å². The number of aliphatic imine (C=N–C) groups is 2. The third-order valence-electron chi connectivity index (χ3n) is 4.47. The van der Waals surface area contributed by atoms with Crippen molar-refractivity contribution in [1.82, 2.24) is 0 Å². The molecule has 2 aromatic rings. The van der Waals surface area contributed by atoms with Crippen LogP contribution in [-0.2, 0) is 0 Å². The Hall–Kier alpha value is -0.921. The molecule has 4 heteroatoms. The van der Waals surface area contributed by atoms with Crippen molar-refractivity contribution in [2.75, 3.05) is 0 Å². The van der Waals surface area contributed by atoms with Crippen LogP contribution in [0, 0.1) is 0 Å². The normalized spacial score (nSPS) is 15.4. The number of rotatable bonds is 6. The van der Waals surface area contributed by atoms with Gasteiger partial charge in [0, 0.05) is 0 Å². The summed E-state index contributed by atoms with van der Waals surface area (Å²) in [5, 5.41) is 2.82. The topological polar surface area (TPSA) is 24.7 Å². The summed E-state index contributed by atoms with van der Waals surface area (Å²) in [6.45, 7) is 4.51. The van der Waals surface area contributed by atoms with E-state index in [0.29, 0.717) is 29.9 Å².